The second kappa shape index (κ2) is 6.22. The summed E-state index contributed by atoms with van der Waals surface area (Å²) in [6.45, 7) is 8.95. The van der Waals surface area contributed by atoms with Crippen LogP contribution in [0.2, 0.25) is 0 Å². The van der Waals surface area contributed by atoms with Gasteiger partial charge in [-0.05, 0) is 62.2 Å². The largest absolute Gasteiger partial charge is 0.444 e. The Kier molecular flexibility index (Phi) is 4.76. The average Bonchev–Trinajstić information content (AvgIpc) is 2.80. The second-order valence-electron chi connectivity index (χ2n) is 6.32. The van der Waals surface area contributed by atoms with E-state index < -0.39 is 5.60 Å². The van der Waals surface area contributed by atoms with E-state index in [1.165, 1.54) is 0 Å². The fourth-order valence-electron chi connectivity index (χ4n) is 2.20. The molecule has 116 valence electrons. The lowest BCUT2D eigenvalue weighted by atomic mass is 10.2. The van der Waals surface area contributed by atoms with Crippen molar-refractivity contribution >= 4 is 27.8 Å². The van der Waals surface area contributed by atoms with Crippen molar-refractivity contribution in [2.24, 2.45) is 0 Å². The van der Waals surface area contributed by atoms with Crippen LogP contribution in [0.25, 0.3) is 0 Å². The number of rotatable bonds is 2. The van der Waals surface area contributed by atoms with Crippen molar-refractivity contribution < 1.29 is 9.53 Å². The minimum atomic E-state index is -0.451. The molecule has 0 aliphatic carbocycles. The van der Waals surface area contributed by atoms with Gasteiger partial charge in [0.05, 0.1) is 5.69 Å². The van der Waals surface area contributed by atoms with Gasteiger partial charge in [0.25, 0.3) is 0 Å². The van der Waals surface area contributed by atoms with E-state index in [-0.39, 0.29) is 12.1 Å². The average molecular weight is 356 g/mol. The van der Waals surface area contributed by atoms with Gasteiger partial charge in [-0.15, -0.1) is 0 Å². The van der Waals surface area contributed by atoms with Gasteiger partial charge in [-0.2, -0.15) is 0 Å². The third-order valence-electron chi connectivity index (χ3n) is 3.21. The topological polar surface area (TPSA) is 54.5 Å². The van der Waals surface area contributed by atoms with Crippen LogP contribution in [-0.2, 0) is 4.74 Å². The summed E-state index contributed by atoms with van der Waals surface area (Å²) < 4.78 is 6.39. The van der Waals surface area contributed by atoms with E-state index >= 15 is 0 Å². The molecule has 21 heavy (non-hydrogen) atoms. The summed E-state index contributed by atoms with van der Waals surface area (Å²) in [5.41, 5.74) is 0.495. The summed E-state index contributed by atoms with van der Waals surface area (Å²) in [6, 6.07) is 4.13. The SMILES string of the molecule is Cc1nc(N[C@H]2CCN(C(=O)OC(C)(C)C)C2)ccc1Br. The zero-order valence-electron chi connectivity index (χ0n) is 12.9. The Labute approximate surface area is 134 Å². The van der Waals surface area contributed by atoms with E-state index in [1.54, 1.807) is 4.90 Å². The molecule has 1 aromatic heterocycles. The number of carbonyl (C=O) groups excluding carboxylic acids is 1. The monoisotopic (exact) mass is 355 g/mol. The van der Waals surface area contributed by atoms with Gasteiger partial charge in [0, 0.05) is 23.6 Å². The van der Waals surface area contributed by atoms with E-state index in [1.807, 2.05) is 39.8 Å². The molecule has 0 aromatic carbocycles. The smallest absolute Gasteiger partial charge is 0.410 e. The number of hydrogen-bond acceptors (Lipinski definition) is 4. The van der Waals surface area contributed by atoms with Crippen LogP contribution in [0.15, 0.2) is 16.6 Å². The number of pyridine rings is 1. The first-order chi connectivity index (χ1) is 9.74. The van der Waals surface area contributed by atoms with Crippen LogP contribution < -0.4 is 5.32 Å². The molecule has 0 radical (unpaired) electrons. The number of aromatic nitrogens is 1. The lowest BCUT2D eigenvalue weighted by Crippen LogP contribution is -2.36. The molecule has 2 heterocycles. The van der Waals surface area contributed by atoms with Crippen LogP contribution in [0.1, 0.15) is 32.9 Å². The zero-order chi connectivity index (χ0) is 15.6. The van der Waals surface area contributed by atoms with Crippen LogP contribution in [0, 0.1) is 6.92 Å². The third-order valence-corrected chi connectivity index (χ3v) is 4.05. The predicted molar refractivity (Wildman–Crippen MR) is 86.5 cm³/mol. The van der Waals surface area contributed by atoms with Crippen LogP contribution >= 0.6 is 15.9 Å². The number of anilines is 1. The Bertz CT molecular complexity index is 528. The van der Waals surface area contributed by atoms with Crippen molar-refractivity contribution in [1.82, 2.24) is 9.88 Å². The fraction of sp³-hybridized carbons (Fsp3) is 0.600. The second-order valence-corrected chi connectivity index (χ2v) is 7.17. The summed E-state index contributed by atoms with van der Waals surface area (Å²) in [5.74, 6) is 0.840. The minimum absolute atomic E-state index is 0.214. The van der Waals surface area contributed by atoms with Crippen molar-refractivity contribution in [3.05, 3.63) is 22.3 Å². The molecule has 1 aliphatic heterocycles. The van der Waals surface area contributed by atoms with Crippen molar-refractivity contribution in [2.75, 3.05) is 18.4 Å². The van der Waals surface area contributed by atoms with E-state index in [0.29, 0.717) is 13.1 Å². The maximum Gasteiger partial charge on any atom is 0.410 e. The normalized spacial score (nSPS) is 18.7. The van der Waals surface area contributed by atoms with Crippen LogP contribution in [0.5, 0.6) is 0 Å². The predicted octanol–water partition coefficient (Wildman–Crippen LogP) is 3.57. The number of nitrogens with one attached hydrogen (secondary N) is 1. The molecule has 0 unspecified atom stereocenters. The number of likely N-dealkylation sites (tertiary alicyclic amines) is 1. The quantitative estimate of drug-likeness (QED) is 0.880. The highest BCUT2D eigenvalue weighted by Gasteiger charge is 2.29. The van der Waals surface area contributed by atoms with Crippen molar-refractivity contribution in [3.8, 4) is 0 Å². The van der Waals surface area contributed by atoms with Gasteiger partial charge in [-0.1, -0.05) is 0 Å². The van der Waals surface area contributed by atoms with E-state index in [2.05, 4.69) is 26.2 Å². The maximum absolute atomic E-state index is 12.0. The maximum atomic E-state index is 12.0. The van der Waals surface area contributed by atoms with Gasteiger partial charge in [0.1, 0.15) is 11.4 Å². The van der Waals surface area contributed by atoms with Crippen LogP contribution in [-0.4, -0.2) is 40.7 Å². The zero-order valence-corrected chi connectivity index (χ0v) is 14.5. The lowest BCUT2D eigenvalue weighted by Gasteiger charge is -2.24. The highest BCUT2D eigenvalue weighted by atomic mass is 79.9. The standard InChI is InChI=1S/C15H22BrN3O2/c1-10-12(16)5-6-13(17-10)18-11-7-8-19(9-11)14(20)21-15(2,3)4/h5-6,11H,7-9H2,1-4H3,(H,17,18)/t11-/m0/s1. The van der Waals surface area contributed by atoms with Gasteiger partial charge in [0.2, 0.25) is 0 Å². The van der Waals surface area contributed by atoms with E-state index in [4.69, 9.17) is 4.74 Å². The van der Waals surface area contributed by atoms with Crippen molar-refractivity contribution in [3.63, 3.8) is 0 Å². The molecule has 1 fully saturated rings. The molecular formula is C15H22BrN3O2. The molecular weight excluding hydrogens is 334 g/mol. The molecule has 1 N–H and O–H groups in total. The summed E-state index contributed by atoms with van der Waals surface area (Å²) >= 11 is 3.44. The molecule has 0 spiro atoms. The van der Waals surface area contributed by atoms with Crippen LogP contribution in [0.4, 0.5) is 10.6 Å². The van der Waals surface area contributed by atoms with Gasteiger partial charge >= 0.3 is 6.09 Å². The van der Waals surface area contributed by atoms with Crippen molar-refractivity contribution in [2.45, 2.75) is 45.8 Å². The van der Waals surface area contributed by atoms with E-state index in [9.17, 15) is 4.79 Å². The van der Waals surface area contributed by atoms with Crippen molar-refractivity contribution in [1.29, 1.82) is 0 Å². The molecule has 5 nitrogen and oxygen atoms in total. The number of amides is 1. The summed E-state index contributed by atoms with van der Waals surface area (Å²) in [6.07, 6.45) is 0.655. The first-order valence-corrected chi connectivity index (χ1v) is 7.91. The molecule has 2 rings (SSSR count). The Morgan fingerprint density at radius 2 is 2.19 bits per heavy atom. The summed E-state index contributed by atoms with van der Waals surface area (Å²) in [7, 11) is 0. The lowest BCUT2D eigenvalue weighted by molar-refractivity contribution is 0.0293. The van der Waals surface area contributed by atoms with Crippen LogP contribution in [0.3, 0.4) is 0 Å². The number of nitrogens with zero attached hydrogens (tertiary/aromatic N) is 2. The summed E-state index contributed by atoms with van der Waals surface area (Å²) in [5, 5.41) is 3.38. The fourth-order valence-corrected chi connectivity index (χ4v) is 2.42. The number of halogens is 1. The Morgan fingerprint density at radius 1 is 1.48 bits per heavy atom. The Hall–Kier alpha value is -1.30. The molecule has 0 saturated carbocycles. The molecule has 1 aliphatic rings. The molecule has 1 saturated heterocycles. The number of hydrogen-bond donors (Lipinski definition) is 1. The van der Waals surface area contributed by atoms with Gasteiger partial charge in [-0.25, -0.2) is 9.78 Å². The van der Waals surface area contributed by atoms with Gasteiger partial charge in [-0.3, -0.25) is 0 Å². The highest BCUT2D eigenvalue weighted by molar-refractivity contribution is 9.10. The number of aryl methyl sites for hydroxylation is 1. The first kappa shape index (κ1) is 16.1. The number of ether oxygens (including phenoxy) is 1. The molecule has 1 atom stereocenters. The van der Waals surface area contributed by atoms with Gasteiger partial charge in [0.15, 0.2) is 0 Å². The highest BCUT2D eigenvalue weighted by Crippen LogP contribution is 2.20. The summed E-state index contributed by atoms with van der Waals surface area (Å²) in [4.78, 5) is 18.2. The molecule has 1 aromatic rings. The molecule has 0 bridgehead atoms. The Morgan fingerprint density at radius 3 is 2.81 bits per heavy atom. The number of carbonyl (C=O) groups is 1. The van der Waals surface area contributed by atoms with E-state index in [0.717, 1.165) is 22.4 Å². The third kappa shape index (κ3) is 4.59. The van der Waals surface area contributed by atoms with Gasteiger partial charge < -0.3 is 15.0 Å². The molecule has 6 heteroatoms. The minimum Gasteiger partial charge on any atom is -0.444 e. The molecule has 1 amide bonds. The first-order valence-electron chi connectivity index (χ1n) is 7.12. The Balaban J connectivity index is 1.90.